The van der Waals surface area contributed by atoms with E-state index in [0.717, 1.165) is 0 Å². The molecule has 0 aliphatic carbocycles. The molecule has 0 fully saturated rings. The van der Waals surface area contributed by atoms with Crippen LogP contribution in [0.1, 0.15) is 64.7 Å². The van der Waals surface area contributed by atoms with E-state index in [2.05, 4.69) is 34.8 Å². The Balaban J connectivity index is 2.81. The lowest BCUT2D eigenvalue weighted by Crippen LogP contribution is -2.16. The van der Waals surface area contributed by atoms with Gasteiger partial charge >= 0.3 is 0 Å². The van der Waals surface area contributed by atoms with Gasteiger partial charge in [0.05, 0.1) is 0 Å². The molecule has 0 radical (unpaired) electrons. The lowest BCUT2D eigenvalue weighted by molar-refractivity contribution is 0.558. The van der Waals surface area contributed by atoms with Crippen molar-refractivity contribution in [3.63, 3.8) is 0 Å². The number of nitrogens with one attached hydrogen (secondary N) is 1. The van der Waals surface area contributed by atoms with Crippen molar-refractivity contribution in [2.75, 3.05) is 17.5 Å². The summed E-state index contributed by atoms with van der Waals surface area (Å²) >= 11 is 2.47. The van der Waals surface area contributed by atoms with E-state index in [-0.39, 0.29) is 0 Å². The third-order valence-corrected chi connectivity index (χ3v) is 3.46. The molecule has 0 saturated carbocycles. The number of rotatable bonds is 12. The molecule has 0 unspecified atom stereocenters. The number of hydrogen-bond acceptors (Lipinski definition) is 1. The van der Waals surface area contributed by atoms with E-state index >= 15 is 0 Å². The van der Waals surface area contributed by atoms with Crippen LogP contribution in [0.4, 0.5) is 0 Å². The molecule has 0 rings (SSSR count). The molecule has 0 aromatic heterocycles. The number of halogens is 1. The molecule has 1 nitrogen and oxygen atoms in total. The zero-order chi connectivity index (χ0) is 11.2. The van der Waals surface area contributed by atoms with Crippen molar-refractivity contribution in [3.05, 3.63) is 0 Å². The smallest absolute Gasteiger partial charge is 0.000473 e. The summed E-state index contributed by atoms with van der Waals surface area (Å²) in [6.07, 6.45) is 12.6. The predicted octanol–water partition coefficient (Wildman–Crippen LogP) is 4.54. The van der Waals surface area contributed by atoms with E-state index in [1.807, 2.05) is 0 Å². The van der Waals surface area contributed by atoms with Gasteiger partial charge in [0.25, 0.3) is 0 Å². The molecule has 0 aliphatic heterocycles. The van der Waals surface area contributed by atoms with Crippen LogP contribution >= 0.6 is 22.6 Å². The van der Waals surface area contributed by atoms with E-state index in [4.69, 9.17) is 0 Å². The minimum absolute atomic E-state index is 1.22. The van der Waals surface area contributed by atoms with Crippen LogP contribution < -0.4 is 5.32 Å². The van der Waals surface area contributed by atoms with Gasteiger partial charge in [0.15, 0.2) is 0 Å². The van der Waals surface area contributed by atoms with Gasteiger partial charge in [-0.25, -0.2) is 0 Å². The minimum Gasteiger partial charge on any atom is -0.317 e. The number of alkyl halides is 1. The van der Waals surface area contributed by atoms with Gasteiger partial charge in [0.1, 0.15) is 0 Å². The van der Waals surface area contributed by atoms with Crippen LogP contribution in [0.3, 0.4) is 0 Å². The lowest BCUT2D eigenvalue weighted by atomic mass is 10.1. The Kier molecular flexibility index (Phi) is 15.4. The summed E-state index contributed by atoms with van der Waals surface area (Å²) in [6, 6.07) is 0. The fourth-order valence-corrected chi connectivity index (χ4v) is 2.22. The van der Waals surface area contributed by atoms with Gasteiger partial charge in [-0.1, -0.05) is 68.0 Å². The monoisotopic (exact) mass is 325 g/mol. The summed E-state index contributed by atoms with van der Waals surface area (Å²) in [5.74, 6) is 0. The molecule has 0 aromatic rings. The highest BCUT2D eigenvalue weighted by atomic mass is 127. The molecular formula is C13H28IN. The van der Waals surface area contributed by atoms with E-state index in [1.54, 1.807) is 0 Å². The van der Waals surface area contributed by atoms with Crippen molar-refractivity contribution < 1.29 is 0 Å². The summed E-state index contributed by atoms with van der Waals surface area (Å²) in [6.45, 7) is 4.72. The van der Waals surface area contributed by atoms with E-state index in [0.29, 0.717) is 0 Å². The van der Waals surface area contributed by atoms with Gasteiger partial charge < -0.3 is 5.32 Å². The molecule has 15 heavy (non-hydrogen) atoms. The molecule has 0 amide bonds. The highest BCUT2D eigenvalue weighted by molar-refractivity contribution is 14.1. The first-order chi connectivity index (χ1) is 7.41. The Bertz CT molecular complexity index is 94.7. The lowest BCUT2D eigenvalue weighted by Gasteiger charge is -2.04. The first-order valence-electron chi connectivity index (χ1n) is 6.68. The molecule has 0 bridgehead atoms. The molecule has 1 N–H and O–H groups in total. The van der Waals surface area contributed by atoms with Crippen LogP contribution in [0, 0.1) is 0 Å². The van der Waals surface area contributed by atoms with E-state index < -0.39 is 0 Å². The van der Waals surface area contributed by atoms with Gasteiger partial charge in [-0.05, 0) is 36.8 Å². The highest BCUT2D eigenvalue weighted by Crippen LogP contribution is 2.06. The average Bonchev–Trinajstić information content (AvgIpc) is 2.26. The van der Waals surface area contributed by atoms with Gasteiger partial charge in [-0.2, -0.15) is 0 Å². The Morgan fingerprint density at radius 1 is 0.733 bits per heavy atom. The molecule has 0 atom stereocenters. The zero-order valence-corrected chi connectivity index (χ0v) is 12.5. The molecule has 2 heteroatoms. The van der Waals surface area contributed by atoms with Gasteiger partial charge in [0.2, 0.25) is 0 Å². The van der Waals surface area contributed by atoms with Crippen LogP contribution in [0.5, 0.6) is 0 Å². The second-order valence-electron chi connectivity index (χ2n) is 4.27. The average molecular weight is 325 g/mol. The van der Waals surface area contributed by atoms with Crippen molar-refractivity contribution in [3.8, 4) is 0 Å². The molecule has 92 valence electrons. The Labute approximate surface area is 110 Å². The van der Waals surface area contributed by atoms with Crippen LogP contribution in [-0.4, -0.2) is 17.5 Å². The Morgan fingerprint density at radius 3 is 1.87 bits per heavy atom. The zero-order valence-electron chi connectivity index (χ0n) is 10.4. The van der Waals surface area contributed by atoms with Crippen LogP contribution in [0.2, 0.25) is 0 Å². The maximum Gasteiger partial charge on any atom is -0.000473 e. The normalized spacial score (nSPS) is 10.8. The molecular weight excluding hydrogens is 297 g/mol. The summed E-state index contributed by atoms with van der Waals surface area (Å²) < 4.78 is 1.33. The molecule has 0 aliphatic rings. The van der Waals surface area contributed by atoms with Crippen LogP contribution in [0.25, 0.3) is 0 Å². The SMILES string of the molecule is CCCCCNCCCCCCCCI. The predicted molar refractivity (Wildman–Crippen MR) is 79.0 cm³/mol. The van der Waals surface area contributed by atoms with Crippen molar-refractivity contribution in [2.45, 2.75) is 64.7 Å². The molecule has 0 aromatic carbocycles. The molecule has 0 spiro atoms. The number of hydrogen-bond donors (Lipinski definition) is 1. The van der Waals surface area contributed by atoms with Gasteiger partial charge in [-0.15, -0.1) is 0 Å². The molecule has 0 saturated heterocycles. The van der Waals surface area contributed by atoms with Crippen molar-refractivity contribution in [1.29, 1.82) is 0 Å². The summed E-state index contributed by atoms with van der Waals surface area (Å²) in [5.41, 5.74) is 0. The minimum atomic E-state index is 1.22. The number of unbranched alkanes of at least 4 members (excludes halogenated alkanes) is 7. The van der Waals surface area contributed by atoms with Gasteiger partial charge in [-0.3, -0.25) is 0 Å². The summed E-state index contributed by atoms with van der Waals surface area (Å²) in [5, 5.41) is 3.52. The standard InChI is InChI=1S/C13H28IN/c1-2-3-9-12-15-13-10-7-5-4-6-8-11-14/h15H,2-13H2,1H3. The quantitative estimate of drug-likeness (QED) is 0.315. The third-order valence-electron chi connectivity index (χ3n) is 2.69. The van der Waals surface area contributed by atoms with Gasteiger partial charge in [0, 0.05) is 0 Å². The second kappa shape index (κ2) is 14.7. The Hall–Kier alpha value is 0.690. The first-order valence-corrected chi connectivity index (χ1v) is 8.21. The van der Waals surface area contributed by atoms with Crippen molar-refractivity contribution >= 4 is 22.6 Å². The van der Waals surface area contributed by atoms with E-state index in [1.165, 1.54) is 75.3 Å². The second-order valence-corrected chi connectivity index (χ2v) is 5.35. The highest BCUT2D eigenvalue weighted by Gasteiger charge is 1.91. The maximum absolute atomic E-state index is 3.52. The fourth-order valence-electron chi connectivity index (χ4n) is 1.68. The van der Waals surface area contributed by atoms with Crippen LogP contribution in [0.15, 0.2) is 0 Å². The largest absolute Gasteiger partial charge is 0.317 e. The first kappa shape index (κ1) is 15.7. The maximum atomic E-state index is 3.52. The molecule has 0 heterocycles. The fraction of sp³-hybridized carbons (Fsp3) is 1.00. The Morgan fingerprint density at radius 2 is 1.27 bits per heavy atom. The van der Waals surface area contributed by atoms with Crippen molar-refractivity contribution in [2.24, 2.45) is 0 Å². The third kappa shape index (κ3) is 14.7. The summed E-state index contributed by atoms with van der Waals surface area (Å²) in [7, 11) is 0. The van der Waals surface area contributed by atoms with Crippen LogP contribution in [-0.2, 0) is 0 Å². The van der Waals surface area contributed by atoms with Crippen molar-refractivity contribution in [1.82, 2.24) is 5.32 Å². The summed E-state index contributed by atoms with van der Waals surface area (Å²) in [4.78, 5) is 0. The topological polar surface area (TPSA) is 12.0 Å². The van der Waals surface area contributed by atoms with E-state index in [9.17, 15) is 0 Å².